The molecule has 90 valence electrons. The van der Waals surface area contributed by atoms with Gasteiger partial charge in [-0.2, -0.15) is 0 Å². The van der Waals surface area contributed by atoms with Crippen molar-refractivity contribution in [1.29, 1.82) is 0 Å². The monoisotopic (exact) mass is 322 g/mol. The first kappa shape index (κ1) is 11.7. The third-order valence-electron chi connectivity index (χ3n) is 2.66. The molecule has 0 unspecified atom stereocenters. The molecule has 2 heterocycles. The fourth-order valence-corrected chi connectivity index (χ4v) is 4.46. The van der Waals surface area contributed by atoms with Crippen molar-refractivity contribution in [3.05, 3.63) is 47.2 Å². The molecule has 0 fully saturated rings. The predicted octanol–water partition coefficient (Wildman–Crippen LogP) is 2.82. The Morgan fingerprint density at radius 2 is 2.06 bits per heavy atom. The molecular formula is C13H10N2OSSe. The van der Waals surface area contributed by atoms with E-state index in [4.69, 9.17) is 17.0 Å². The molecule has 0 spiro atoms. The van der Waals surface area contributed by atoms with E-state index in [2.05, 4.69) is 26.7 Å². The number of fused-ring (bicyclic) bond motifs is 1. The molecule has 3 aromatic rings. The van der Waals surface area contributed by atoms with Crippen LogP contribution in [0.5, 0.6) is 5.88 Å². The van der Waals surface area contributed by atoms with Crippen LogP contribution in [0.1, 0.15) is 0 Å². The number of benzene rings is 1. The summed E-state index contributed by atoms with van der Waals surface area (Å²) in [6, 6.07) is 12.1. The molecule has 0 bridgehead atoms. The molecule has 3 nitrogen and oxygen atoms in total. The van der Waals surface area contributed by atoms with Gasteiger partial charge in [0.2, 0.25) is 0 Å². The van der Waals surface area contributed by atoms with Crippen LogP contribution in [0.2, 0.25) is 0 Å². The van der Waals surface area contributed by atoms with Gasteiger partial charge in [-0.1, -0.05) is 0 Å². The Kier molecular flexibility index (Phi) is 3.04. The minimum absolute atomic E-state index is 0.198. The summed E-state index contributed by atoms with van der Waals surface area (Å²) < 4.78 is 9.43. The topological polar surface area (TPSA) is 27.1 Å². The third kappa shape index (κ3) is 1.90. The van der Waals surface area contributed by atoms with E-state index in [1.807, 2.05) is 18.2 Å². The Hall–Kier alpha value is -1.42. The van der Waals surface area contributed by atoms with Crippen LogP contribution < -0.4 is 4.74 Å². The molecule has 0 aliphatic rings. The SMILES string of the molecule is COc1ccc(-n2[se]c3ccccc3c2=S)cn1. The minimum atomic E-state index is 0.198. The van der Waals surface area contributed by atoms with E-state index in [1.165, 1.54) is 9.65 Å². The van der Waals surface area contributed by atoms with E-state index in [0.29, 0.717) is 5.88 Å². The Labute approximate surface area is 116 Å². The Morgan fingerprint density at radius 1 is 1.22 bits per heavy atom. The van der Waals surface area contributed by atoms with Crippen molar-refractivity contribution in [1.82, 2.24) is 8.55 Å². The number of hydrogen-bond donors (Lipinski definition) is 0. The second-order valence-corrected chi connectivity index (χ2v) is 6.20. The summed E-state index contributed by atoms with van der Waals surface area (Å²) in [7, 11) is 1.61. The molecule has 0 aliphatic heterocycles. The molecule has 18 heavy (non-hydrogen) atoms. The zero-order valence-electron chi connectivity index (χ0n) is 9.66. The van der Waals surface area contributed by atoms with Gasteiger partial charge >= 0.3 is 116 Å². The molecule has 0 atom stereocenters. The molecule has 0 saturated carbocycles. The molecule has 2 aromatic heterocycles. The van der Waals surface area contributed by atoms with Gasteiger partial charge in [0, 0.05) is 0 Å². The zero-order valence-corrected chi connectivity index (χ0v) is 12.2. The van der Waals surface area contributed by atoms with Crippen LogP contribution in [0.15, 0.2) is 42.6 Å². The fraction of sp³-hybridized carbons (Fsp3) is 0.0769. The second-order valence-electron chi connectivity index (χ2n) is 3.75. The zero-order chi connectivity index (χ0) is 12.5. The maximum absolute atomic E-state index is 5.52. The van der Waals surface area contributed by atoms with Crippen LogP contribution in [0.4, 0.5) is 0 Å². The summed E-state index contributed by atoms with van der Waals surface area (Å²) in [5.74, 6) is 0.619. The summed E-state index contributed by atoms with van der Waals surface area (Å²) in [6.45, 7) is 0. The molecule has 3 rings (SSSR count). The Morgan fingerprint density at radius 3 is 2.72 bits per heavy atom. The van der Waals surface area contributed by atoms with Crippen molar-refractivity contribution >= 4 is 36.6 Å². The fourth-order valence-electron chi connectivity index (χ4n) is 1.76. The van der Waals surface area contributed by atoms with Gasteiger partial charge < -0.3 is 0 Å². The molecule has 0 radical (unpaired) electrons. The van der Waals surface area contributed by atoms with E-state index < -0.39 is 0 Å². The summed E-state index contributed by atoms with van der Waals surface area (Å²) in [5.41, 5.74) is 1.03. The quantitative estimate of drug-likeness (QED) is 0.536. The normalized spacial score (nSPS) is 10.7. The summed E-state index contributed by atoms with van der Waals surface area (Å²) >= 11 is 5.72. The van der Waals surface area contributed by atoms with Gasteiger partial charge in [-0.15, -0.1) is 0 Å². The molecule has 0 N–H and O–H groups in total. The Bertz CT molecular complexity index is 746. The van der Waals surface area contributed by atoms with E-state index in [-0.39, 0.29) is 14.7 Å². The van der Waals surface area contributed by atoms with Gasteiger partial charge in [-0.3, -0.25) is 0 Å². The molecule has 0 amide bonds. The third-order valence-corrected chi connectivity index (χ3v) is 5.69. The first-order valence-electron chi connectivity index (χ1n) is 5.41. The first-order chi connectivity index (χ1) is 8.79. The molecule has 0 saturated heterocycles. The van der Waals surface area contributed by atoms with Crippen molar-refractivity contribution in [3.8, 4) is 11.6 Å². The van der Waals surface area contributed by atoms with Gasteiger partial charge in [-0.05, 0) is 0 Å². The Balaban J connectivity index is 2.18. The predicted molar refractivity (Wildman–Crippen MR) is 75.4 cm³/mol. The maximum atomic E-state index is 5.52. The van der Waals surface area contributed by atoms with Gasteiger partial charge in [0.25, 0.3) is 0 Å². The summed E-state index contributed by atoms with van der Waals surface area (Å²) in [5, 5.41) is 1.17. The number of aromatic nitrogens is 2. The summed E-state index contributed by atoms with van der Waals surface area (Å²) in [6.07, 6.45) is 1.80. The van der Waals surface area contributed by atoms with Crippen LogP contribution in [-0.4, -0.2) is 30.4 Å². The van der Waals surface area contributed by atoms with Crippen molar-refractivity contribution < 1.29 is 4.74 Å². The van der Waals surface area contributed by atoms with Gasteiger partial charge in [0.05, 0.1) is 0 Å². The average molecular weight is 321 g/mol. The molecule has 1 aromatic carbocycles. The molecule has 5 heteroatoms. The molecular weight excluding hydrogens is 311 g/mol. The molecule has 0 aliphatic carbocycles. The second kappa shape index (κ2) is 4.69. The van der Waals surface area contributed by atoms with E-state index >= 15 is 0 Å². The van der Waals surface area contributed by atoms with Crippen LogP contribution in [-0.2, 0) is 0 Å². The first-order valence-corrected chi connectivity index (χ1v) is 7.44. The van der Waals surface area contributed by atoms with Crippen molar-refractivity contribution in [3.63, 3.8) is 0 Å². The summed E-state index contributed by atoms with van der Waals surface area (Å²) in [4.78, 5) is 4.23. The average Bonchev–Trinajstić information content (AvgIpc) is 2.77. The van der Waals surface area contributed by atoms with Crippen LogP contribution in [0.3, 0.4) is 0 Å². The van der Waals surface area contributed by atoms with E-state index in [0.717, 1.165) is 10.3 Å². The van der Waals surface area contributed by atoms with Gasteiger partial charge in [0.1, 0.15) is 0 Å². The van der Waals surface area contributed by atoms with E-state index in [1.54, 1.807) is 13.3 Å². The van der Waals surface area contributed by atoms with Gasteiger partial charge in [0.15, 0.2) is 0 Å². The van der Waals surface area contributed by atoms with Crippen molar-refractivity contribution in [2.24, 2.45) is 0 Å². The van der Waals surface area contributed by atoms with Gasteiger partial charge in [-0.25, -0.2) is 0 Å². The number of hydrogen-bond acceptors (Lipinski definition) is 3. The van der Waals surface area contributed by atoms with Crippen LogP contribution in [0.25, 0.3) is 15.3 Å². The number of methoxy groups -OCH3 is 1. The van der Waals surface area contributed by atoms with Crippen molar-refractivity contribution in [2.75, 3.05) is 7.11 Å². The van der Waals surface area contributed by atoms with E-state index in [9.17, 15) is 0 Å². The standard InChI is InChI=1S/C13H10N2OSSe/c1-16-12-7-6-9(8-14-12)15-13(17)10-4-2-3-5-11(10)18-15/h2-8H,1H3. The number of nitrogens with zero attached hydrogens (tertiary/aromatic N) is 2. The number of rotatable bonds is 2. The number of pyridine rings is 1. The van der Waals surface area contributed by atoms with Crippen molar-refractivity contribution in [2.45, 2.75) is 0 Å². The van der Waals surface area contributed by atoms with Crippen LogP contribution >= 0.6 is 12.2 Å². The van der Waals surface area contributed by atoms with Crippen LogP contribution in [0, 0.1) is 4.64 Å². The number of ether oxygens (including phenoxy) is 1.